The molecule has 0 saturated carbocycles. The summed E-state index contributed by atoms with van der Waals surface area (Å²) in [5, 5.41) is 5.29. The molecule has 4 nitrogen and oxygen atoms in total. The Morgan fingerprint density at radius 3 is 2.81 bits per heavy atom. The molecule has 88 valence electrons. The van der Waals surface area contributed by atoms with Gasteiger partial charge in [0.05, 0.1) is 5.69 Å². The van der Waals surface area contributed by atoms with Gasteiger partial charge in [0.2, 0.25) is 0 Å². The van der Waals surface area contributed by atoms with Crippen LogP contribution in [0.2, 0.25) is 0 Å². The SMILES string of the molecule is CCN(CC)c1nc2sccn2c1CNC. The third-order valence-corrected chi connectivity index (χ3v) is 3.50. The number of anilines is 1. The third-order valence-electron chi connectivity index (χ3n) is 2.75. The van der Waals surface area contributed by atoms with Crippen LogP contribution in [0.1, 0.15) is 19.5 Å². The molecular weight excluding hydrogens is 220 g/mol. The van der Waals surface area contributed by atoms with E-state index in [1.807, 2.05) is 7.05 Å². The van der Waals surface area contributed by atoms with Crippen molar-refractivity contribution in [1.82, 2.24) is 14.7 Å². The van der Waals surface area contributed by atoms with Crippen LogP contribution in [0.25, 0.3) is 4.96 Å². The highest BCUT2D eigenvalue weighted by molar-refractivity contribution is 7.15. The number of imidazole rings is 1. The van der Waals surface area contributed by atoms with Crippen molar-refractivity contribution in [2.75, 3.05) is 25.0 Å². The van der Waals surface area contributed by atoms with Crippen molar-refractivity contribution in [3.63, 3.8) is 0 Å². The van der Waals surface area contributed by atoms with Gasteiger partial charge in [-0.1, -0.05) is 0 Å². The third kappa shape index (κ3) is 1.81. The first kappa shape index (κ1) is 11.4. The van der Waals surface area contributed by atoms with Crippen molar-refractivity contribution >= 4 is 22.1 Å². The van der Waals surface area contributed by atoms with Gasteiger partial charge in [-0.2, -0.15) is 0 Å². The molecule has 0 atom stereocenters. The summed E-state index contributed by atoms with van der Waals surface area (Å²) in [5.41, 5.74) is 1.25. The van der Waals surface area contributed by atoms with Gasteiger partial charge in [0.1, 0.15) is 0 Å². The molecule has 0 aliphatic carbocycles. The van der Waals surface area contributed by atoms with Crippen molar-refractivity contribution < 1.29 is 0 Å². The van der Waals surface area contributed by atoms with Gasteiger partial charge < -0.3 is 10.2 Å². The summed E-state index contributed by atoms with van der Waals surface area (Å²) < 4.78 is 2.18. The maximum absolute atomic E-state index is 4.70. The van der Waals surface area contributed by atoms with Crippen molar-refractivity contribution in [2.45, 2.75) is 20.4 Å². The number of rotatable bonds is 5. The zero-order valence-corrected chi connectivity index (χ0v) is 10.8. The number of nitrogens with zero attached hydrogens (tertiary/aromatic N) is 3. The second-order valence-electron chi connectivity index (χ2n) is 3.64. The second kappa shape index (κ2) is 4.84. The number of hydrogen-bond acceptors (Lipinski definition) is 4. The lowest BCUT2D eigenvalue weighted by Crippen LogP contribution is -2.24. The number of fused-ring (bicyclic) bond motifs is 1. The van der Waals surface area contributed by atoms with Crippen LogP contribution in [-0.2, 0) is 6.54 Å². The topological polar surface area (TPSA) is 32.6 Å². The van der Waals surface area contributed by atoms with Crippen LogP contribution in [0.5, 0.6) is 0 Å². The highest BCUT2D eigenvalue weighted by Crippen LogP contribution is 2.24. The molecule has 16 heavy (non-hydrogen) atoms. The number of aromatic nitrogens is 2. The minimum absolute atomic E-state index is 0.851. The Hall–Kier alpha value is -1.07. The average molecular weight is 238 g/mol. The van der Waals surface area contributed by atoms with E-state index in [-0.39, 0.29) is 0 Å². The standard InChI is InChI=1S/C11H18N4S/c1-4-14(5-2)10-9(8-12-3)15-6-7-16-11(15)13-10/h6-7,12H,4-5,8H2,1-3H3. The Balaban J connectivity index is 2.49. The first-order valence-corrected chi connectivity index (χ1v) is 6.53. The number of thiazole rings is 1. The van der Waals surface area contributed by atoms with E-state index in [2.05, 4.69) is 40.0 Å². The molecule has 0 fully saturated rings. The molecule has 0 spiro atoms. The molecule has 2 heterocycles. The van der Waals surface area contributed by atoms with E-state index in [4.69, 9.17) is 4.98 Å². The minimum atomic E-state index is 0.851. The summed E-state index contributed by atoms with van der Waals surface area (Å²) in [6.45, 7) is 7.18. The van der Waals surface area contributed by atoms with Crippen LogP contribution in [0.15, 0.2) is 11.6 Å². The van der Waals surface area contributed by atoms with Crippen molar-refractivity contribution in [3.8, 4) is 0 Å². The van der Waals surface area contributed by atoms with E-state index < -0.39 is 0 Å². The van der Waals surface area contributed by atoms with Gasteiger partial charge in [-0.25, -0.2) is 4.98 Å². The van der Waals surface area contributed by atoms with Crippen LogP contribution in [-0.4, -0.2) is 29.5 Å². The summed E-state index contributed by atoms with van der Waals surface area (Å²) in [7, 11) is 1.97. The summed E-state index contributed by atoms with van der Waals surface area (Å²) in [6.07, 6.45) is 2.09. The van der Waals surface area contributed by atoms with Gasteiger partial charge in [0.25, 0.3) is 0 Å². The maximum Gasteiger partial charge on any atom is 0.195 e. The number of nitrogens with one attached hydrogen (secondary N) is 1. The van der Waals surface area contributed by atoms with Gasteiger partial charge in [0, 0.05) is 31.2 Å². The zero-order valence-electron chi connectivity index (χ0n) is 10.0. The Morgan fingerprint density at radius 2 is 2.19 bits per heavy atom. The smallest absolute Gasteiger partial charge is 0.195 e. The van der Waals surface area contributed by atoms with E-state index in [1.54, 1.807) is 11.3 Å². The molecule has 2 rings (SSSR count). The lowest BCUT2D eigenvalue weighted by Gasteiger charge is -2.19. The monoisotopic (exact) mass is 238 g/mol. The van der Waals surface area contributed by atoms with Gasteiger partial charge in [-0.15, -0.1) is 11.3 Å². The summed E-state index contributed by atoms with van der Waals surface area (Å²) in [4.78, 5) is 8.07. The molecule has 0 aliphatic heterocycles. The molecule has 0 aromatic carbocycles. The van der Waals surface area contributed by atoms with Crippen molar-refractivity contribution in [2.24, 2.45) is 0 Å². The molecule has 1 N–H and O–H groups in total. The Kier molecular flexibility index (Phi) is 3.46. The molecule has 0 amide bonds. The fourth-order valence-corrected chi connectivity index (χ4v) is 2.66. The molecule has 0 saturated heterocycles. The van der Waals surface area contributed by atoms with E-state index in [0.717, 1.165) is 30.4 Å². The highest BCUT2D eigenvalue weighted by atomic mass is 32.1. The normalized spacial score (nSPS) is 11.2. The second-order valence-corrected chi connectivity index (χ2v) is 4.51. The molecule has 0 aliphatic rings. The van der Waals surface area contributed by atoms with Crippen LogP contribution >= 0.6 is 11.3 Å². The maximum atomic E-state index is 4.70. The van der Waals surface area contributed by atoms with Gasteiger partial charge >= 0.3 is 0 Å². The van der Waals surface area contributed by atoms with Crippen molar-refractivity contribution in [1.29, 1.82) is 0 Å². The first-order chi connectivity index (χ1) is 7.81. The van der Waals surface area contributed by atoms with Crippen LogP contribution in [0.4, 0.5) is 5.82 Å². The largest absolute Gasteiger partial charge is 0.356 e. The minimum Gasteiger partial charge on any atom is -0.356 e. The Labute approximate surface area is 99.9 Å². The highest BCUT2D eigenvalue weighted by Gasteiger charge is 2.16. The first-order valence-electron chi connectivity index (χ1n) is 5.65. The molecule has 5 heteroatoms. The fourth-order valence-electron chi connectivity index (χ4n) is 1.93. The lowest BCUT2D eigenvalue weighted by atomic mass is 10.3. The molecule has 2 aromatic heterocycles. The van der Waals surface area contributed by atoms with Crippen LogP contribution in [0.3, 0.4) is 0 Å². The van der Waals surface area contributed by atoms with Crippen LogP contribution < -0.4 is 10.2 Å². The summed E-state index contributed by atoms with van der Waals surface area (Å²) in [6, 6.07) is 0. The van der Waals surface area contributed by atoms with Crippen LogP contribution in [0, 0.1) is 0 Å². The average Bonchev–Trinajstić information content (AvgIpc) is 2.84. The van der Waals surface area contributed by atoms with E-state index >= 15 is 0 Å². The van der Waals surface area contributed by atoms with Gasteiger partial charge in [-0.3, -0.25) is 4.40 Å². The van der Waals surface area contributed by atoms with Gasteiger partial charge in [-0.05, 0) is 20.9 Å². The zero-order chi connectivity index (χ0) is 11.5. The Bertz CT molecular complexity index is 455. The van der Waals surface area contributed by atoms with Crippen molar-refractivity contribution in [3.05, 3.63) is 17.3 Å². The molecule has 0 radical (unpaired) electrons. The molecular formula is C11H18N4S. The predicted octanol–water partition coefficient (Wildman–Crippen LogP) is 1.96. The molecule has 2 aromatic rings. The summed E-state index contributed by atoms with van der Waals surface area (Å²) in [5.74, 6) is 1.12. The quantitative estimate of drug-likeness (QED) is 0.864. The molecule has 0 unspecified atom stereocenters. The van der Waals surface area contributed by atoms with E-state index in [9.17, 15) is 0 Å². The van der Waals surface area contributed by atoms with Gasteiger partial charge in [0.15, 0.2) is 10.8 Å². The van der Waals surface area contributed by atoms with E-state index in [0.29, 0.717) is 0 Å². The Morgan fingerprint density at radius 1 is 1.44 bits per heavy atom. The predicted molar refractivity (Wildman–Crippen MR) is 69.4 cm³/mol. The number of hydrogen-bond donors (Lipinski definition) is 1. The molecule has 0 bridgehead atoms. The fraction of sp³-hybridized carbons (Fsp3) is 0.545. The lowest BCUT2D eigenvalue weighted by molar-refractivity contribution is 0.765. The summed E-state index contributed by atoms with van der Waals surface area (Å²) >= 11 is 1.68. The van der Waals surface area contributed by atoms with E-state index in [1.165, 1.54) is 5.69 Å².